The third-order valence-corrected chi connectivity index (χ3v) is 3.60. The van der Waals surface area contributed by atoms with Crippen LogP contribution in [0.15, 0.2) is 24.3 Å². The Morgan fingerprint density at radius 1 is 1.25 bits per heavy atom. The zero-order chi connectivity index (χ0) is 11.6. The fraction of sp³-hybridized carbons (Fsp3) is 0.538. The molecular formula is C13H18FNO. The monoisotopic (exact) mass is 223 g/mol. The van der Waals surface area contributed by atoms with E-state index < -0.39 is 0 Å². The molecule has 0 radical (unpaired) electrons. The lowest BCUT2D eigenvalue weighted by Crippen LogP contribution is -2.38. The maximum atomic E-state index is 12.9. The number of methoxy groups -OCH3 is 1. The lowest BCUT2D eigenvalue weighted by atomic mass is 9.78. The Morgan fingerprint density at radius 2 is 1.81 bits per heavy atom. The number of nitrogens with two attached hydrogens (primary N) is 1. The SMILES string of the molecule is CO[C@]1(c2ccc(F)cc2)CC[C@@H](N)CC1. The molecule has 3 heteroatoms. The Bertz CT molecular complexity index is 341. The van der Waals surface area contributed by atoms with Gasteiger partial charge in [-0.3, -0.25) is 0 Å². The summed E-state index contributed by atoms with van der Waals surface area (Å²) in [5.41, 5.74) is 6.70. The van der Waals surface area contributed by atoms with Crippen LogP contribution in [0.2, 0.25) is 0 Å². The summed E-state index contributed by atoms with van der Waals surface area (Å²) in [5.74, 6) is -0.206. The second kappa shape index (κ2) is 4.52. The number of hydrogen-bond donors (Lipinski definition) is 1. The van der Waals surface area contributed by atoms with Crippen molar-refractivity contribution in [3.63, 3.8) is 0 Å². The molecule has 1 aliphatic rings. The maximum absolute atomic E-state index is 12.9. The van der Waals surface area contributed by atoms with E-state index in [-0.39, 0.29) is 17.5 Å². The number of ether oxygens (including phenoxy) is 1. The van der Waals surface area contributed by atoms with Crippen molar-refractivity contribution in [3.8, 4) is 0 Å². The van der Waals surface area contributed by atoms with Crippen LogP contribution in [-0.2, 0) is 10.3 Å². The molecule has 2 rings (SSSR count). The fourth-order valence-corrected chi connectivity index (χ4v) is 2.47. The highest BCUT2D eigenvalue weighted by molar-refractivity contribution is 5.24. The van der Waals surface area contributed by atoms with E-state index in [9.17, 15) is 4.39 Å². The zero-order valence-electron chi connectivity index (χ0n) is 9.58. The molecule has 0 aliphatic heterocycles. The first kappa shape index (κ1) is 11.6. The van der Waals surface area contributed by atoms with Gasteiger partial charge in [0.2, 0.25) is 0 Å². The van der Waals surface area contributed by atoms with E-state index in [0.717, 1.165) is 31.2 Å². The second-order valence-electron chi connectivity index (χ2n) is 4.54. The molecule has 0 spiro atoms. The maximum Gasteiger partial charge on any atom is 0.123 e. The van der Waals surface area contributed by atoms with Crippen LogP contribution in [0.3, 0.4) is 0 Å². The van der Waals surface area contributed by atoms with Gasteiger partial charge in [0.05, 0.1) is 5.60 Å². The Hall–Kier alpha value is -0.930. The van der Waals surface area contributed by atoms with Crippen molar-refractivity contribution < 1.29 is 9.13 Å². The summed E-state index contributed by atoms with van der Waals surface area (Å²) < 4.78 is 18.6. The minimum atomic E-state index is -0.260. The molecule has 2 nitrogen and oxygen atoms in total. The molecule has 1 saturated carbocycles. The summed E-state index contributed by atoms with van der Waals surface area (Å²) in [7, 11) is 1.72. The number of halogens is 1. The summed E-state index contributed by atoms with van der Waals surface area (Å²) >= 11 is 0. The largest absolute Gasteiger partial charge is 0.374 e. The molecule has 0 heterocycles. The van der Waals surface area contributed by atoms with E-state index in [1.807, 2.05) is 12.1 Å². The lowest BCUT2D eigenvalue weighted by Gasteiger charge is -2.38. The van der Waals surface area contributed by atoms with Crippen molar-refractivity contribution in [1.82, 2.24) is 0 Å². The van der Waals surface area contributed by atoms with Crippen molar-refractivity contribution in [2.75, 3.05) is 7.11 Å². The number of hydrogen-bond acceptors (Lipinski definition) is 2. The Morgan fingerprint density at radius 3 is 2.31 bits per heavy atom. The van der Waals surface area contributed by atoms with Crippen LogP contribution in [0.25, 0.3) is 0 Å². The molecule has 0 saturated heterocycles. The van der Waals surface area contributed by atoms with Gasteiger partial charge in [0.1, 0.15) is 5.82 Å². The van der Waals surface area contributed by atoms with Gasteiger partial charge in [-0.15, -0.1) is 0 Å². The van der Waals surface area contributed by atoms with Gasteiger partial charge in [-0.2, -0.15) is 0 Å². The number of benzene rings is 1. The third-order valence-electron chi connectivity index (χ3n) is 3.60. The van der Waals surface area contributed by atoms with Crippen LogP contribution in [0, 0.1) is 5.82 Å². The van der Waals surface area contributed by atoms with Gasteiger partial charge < -0.3 is 10.5 Å². The molecule has 0 amide bonds. The standard InChI is InChI=1S/C13H18FNO/c1-16-13(8-6-12(15)7-9-13)10-2-4-11(14)5-3-10/h2-5,12H,6-9,15H2,1H3/t12-,13-. The van der Waals surface area contributed by atoms with Gasteiger partial charge in [0.15, 0.2) is 0 Å². The first-order valence-electron chi connectivity index (χ1n) is 5.73. The van der Waals surface area contributed by atoms with Gasteiger partial charge in [-0.1, -0.05) is 12.1 Å². The topological polar surface area (TPSA) is 35.2 Å². The summed E-state index contributed by atoms with van der Waals surface area (Å²) in [6.07, 6.45) is 3.75. The average Bonchev–Trinajstić information content (AvgIpc) is 2.32. The molecule has 1 fully saturated rings. The highest BCUT2D eigenvalue weighted by atomic mass is 19.1. The van der Waals surface area contributed by atoms with Crippen LogP contribution in [0.1, 0.15) is 31.2 Å². The molecule has 88 valence electrons. The van der Waals surface area contributed by atoms with Crippen molar-refractivity contribution in [1.29, 1.82) is 0 Å². The summed E-state index contributed by atoms with van der Waals surface area (Å²) in [5, 5.41) is 0. The smallest absolute Gasteiger partial charge is 0.123 e. The van der Waals surface area contributed by atoms with Gasteiger partial charge in [0, 0.05) is 13.2 Å². The summed E-state index contributed by atoms with van der Waals surface area (Å²) in [4.78, 5) is 0. The van der Waals surface area contributed by atoms with E-state index in [0.29, 0.717) is 0 Å². The van der Waals surface area contributed by atoms with Crippen molar-refractivity contribution in [2.45, 2.75) is 37.3 Å². The predicted octanol–water partition coefficient (Wildman–Crippen LogP) is 2.57. The highest BCUT2D eigenvalue weighted by Gasteiger charge is 2.35. The zero-order valence-corrected chi connectivity index (χ0v) is 9.58. The van der Waals surface area contributed by atoms with Crippen LogP contribution in [0.4, 0.5) is 4.39 Å². The van der Waals surface area contributed by atoms with Gasteiger partial charge >= 0.3 is 0 Å². The van der Waals surface area contributed by atoms with Crippen molar-refractivity contribution in [2.24, 2.45) is 5.73 Å². The van der Waals surface area contributed by atoms with E-state index >= 15 is 0 Å². The van der Waals surface area contributed by atoms with Crippen molar-refractivity contribution >= 4 is 0 Å². The Kier molecular flexibility index (Phi) is 3.26. The summed E-state index contributed by atoms with van der Waals surface area (Å²) in [6.45, 7) is 0. The highest BCUT2D eigenvalue weighted by Crippen LogP contribution is 2.39. The van der Waals surface area contributed by atoms with Crippen LogP contribution in [-0.4, -0.2) is 13.2 Å². The minimum absolute atomic E-state index is 0.206. The van der Waals surface area contributed by atoms with Gasteiger partial charge in [0.25, 0.3) is 0 Å². The molecule has 2 N–H and O–H groups in total. The number of rotatable bonds is 2. The van der Waals surface area contributed by atoms with Gasteiger partial charge in [-0.25, -0.2) is 4.39 Å². The second-order valence-corrected chi connectivity index (χ2v) is 4.54. The predicted molar refractivity (Wildman–Crippen MR) is 61.5 cm³/mol. The molecule has 1 aromatic rings. The third kappa shape index (κ3) is 2.11. The first-order chi connectivity index (χ1) is 7.66. The summed E-state index contributed by atoms with van der Waals surface area (Å²) in [6, 6.07) is 6.89. The van der Waals surface area contributed by atoms with Crippen LogP contribution >= 0.6 is 0 Å². The average molecular weight is 223 g/mol. The first-order valence-corrected chi connectivity index (χ1v) is 5.73. The van der Waals surface area contributed by atoms with Gasteiger partial charge in [-0.05, 0) is 43.4 Å². The molecule has 0 atom stereocenters. The Labute approximate surface area is 95.6 Å². The van der Waals surface area contributed by atoms with E-state index in [1.165, 1.54) is 12.1 Å². The van der Waals surface area contributed by atoms with E-state index in [2.05, 4.69) is 0 Å². The van der Waals surface area contributed by atoms with E-state index in [4.69, 9.17) is 10.5 Å². The molecular weight excluding hydrogens is 205 g/mol. The quantitative estimate of drug-likeness (QED) is 0.836. The lowest BCUT2D eigenvalue weighted by molar-refractivity contribution is -0.0477. The molecule has 1 aromatic carbocycles. The van der Waals surface area contributed by atoms with Crippen molar-refractivity contribution in [3.05, 3.63) is 35.6 Å². The van der Waals surface area contributed by atoms with E-state index in [1.54, 1.807) is 7.11 Å². The molecule has 1 aliphatic carbocycles. The molecule has 0 unspecified atom stereocenters. The van der Waals surface area contributed by atoms with Crippen LogP contribution in [0.5, 0.6) is 0 Å². The van der Waals surface area contributed by atoms with Crippen LogP contribution < -0.4 is 5.73 Å². The normalized spacial score (nSPS) is 30.3. The fourth-order valence-electron chi connectivity index (χ4n) is 2.47. The Balaban J connectivity index is 2.24. The molecule has 16 heavy (non-hydrogen) atoms. The minimum Gasteiger partial charge on any atom is -0.374 e. The molecule has 0 aromatic heterocycles. The molecule has 0 bridgehead atoms.